The zero-order chi connectivity index (χ0) is 10.0. The average Bonchev–Trinajstić information content (AvgIpc) is 2.11. The molecule has 1 fully saturated rings. The van der Waals surface area contributed by atoms with Crippen LogP contribution in [0.5, 0.6) is 0 Å². The summed E-state index contributed by atoms with van der Waals surface area (Å²) in [5, 5.41) is 45.1. The highest BCUT2D eigenvalue weighted by Gasteiger charge is 2.42. The lowest BCUT2D eigenvalue weighted by atomic mass is 9.97. The summed E-state index contributed by atoms with van der Waals surface area (Å²) < 4.78 is 4.76. The number of aliphatic hydroxyl groups excluding tert-OH is 5. The van der Waals surface area contributed by atoms with E-state index in [1.165, 1.54) is 0 Å². The lowest BCUT2D eigenvalue weighted by Gasteiger charge is -2.38. The molecule has 0 amide bonds. The molecule has 0 bridgehead atoms. The van der Waals surface area contributed by atoms with Crippen molar-refractivity contribution in [2.24, 2.45) is 0 Å². The van der Waals surface area contributed by atoms with Crippen molar-refractivity contribution in [3.63, 3.8) is 0 Å². The van der Waals surface area contributed by atoms with E-state index >= 15 is 0 Å². The summed E-state index contributed by atoms with van der Waals surface area (Å²) in [6.07, 6.45) is -6.51. The fraction of sp³-hybridized carbons (Fsp3) is 1.00. The van der Waals surface area contributed by atoms with Crippen LogP contribution in [0.2, 0.25) is 0 Å². The van der Waals surface area contributed by atoms with Gasteiger partial charge in [-0.1, -0.05) is 0 Å². The standard InChI is InChI=1S/C7H14O6/c8-2-1-3-4(9)5(10)6(11)7(12)13-3/h3-12H,1-2H2/t3-,4+,5-,6-,7?/m1/s1. The van der Waals surface area contributed by atoms with Gasteiger partial charge in [-0.05, 0) is 6.42 Å². The summed E-state index contributed by atoms with van der Waals surface area (Å²) in [5.74, 6) is 0. The first-order valence-electron chi connectivity index (χ1n) is 4.06. The Balaban J connectivity index is 2.59. The van der Waals surface area contributed by atoms with Gasteiger partial charge in [-0.3, -0.25) is 0 Å². The third kappa shape index (κ3) is 2.16. The second kappa shape index (κ2) is 4.32. The molecule has 1 unspecified atom stereocenters. The van der Waals surface area contributed by atoms with E-state index in [2.05, 4.69) is 0 Å². The zero-order valence-corrected chi connectivity index (χ0v) is 6.95. The summed E-state index contributed by atoms with van der Waals surface area (Å²) in [7, 11) is 0. The minimum absolute atomic E-state index is 0.0992. The Bertz CT molecular complexity index is 163. The zero-order valence-electron chi connectivity index (χ0n) is 6.95. The van der Waals surface area contributed by atoms with Crippen molar-refractivity contribution in [2.45, 2.75) is 37.1 Å². The fourth-order valence-corrected chi connectivity index (χ4v) is 1.30. The third-order valence-corrected chi connectivity index (χ3v) is 2.10. The van der Waals surface area contributed by atoms with Crippen LogP contribution in [-0.2, 0) is 4.74 Å². The molecule has 13 heavy (non-hydrogen) atoms. The molecule has 1 heterocycles. The molecule has 0 aromatic heterocycles. The second-order valence-corrected chi connectivity index (χ2v) is 3.05. The maximum absolute atomic E-state index is 9.30. The first kappa shape index (κ1) is 10.8. The van der Waals surface area contributed by atoms with Crippen LogP contribution in [0.25, 0.3) is 0 Å². The summed E-state index contributed by atoms with van der Waals surface area (Å²) in [6.45, 7) is -0.225. The highest BCUT2D eigenvalue weighted by atomic mass is 16.6. The van der Waals surface area contributed by atoms with Gasteiger partial charge in [0, 0.05) is 6.61 Å². The van der Waals surface area contributed by atoms with Gasteiger partial charge < -0.3 is 30.3 Å². The molecule has 5 N–H and O–H groups in total. The van der Waals surface area contributed by atoms with Gasteiger partial charge in [0.25, 0.3) is 0 Å². The van der Waals surface area contributed by atoms with Crippen molar-refractivity contribution in [1.82, 2.24) is 0 Å². The molecule has 1 aliphatic rings. The quantitative estimate of drug-likeness (QED) is 0.324. The summed E-state index contributed by atoms with van der Waals surface area (Å²) in [6, 6.07) is 0. The van der Waals surface area contributed by atoms with E-state index in [1.807, 2.05) is 0 Å². The monoisotopic (exact) mass is 194 g/mol. The second-order valence-electron chi connectivity index (χ2n) is 3.05. The van der Waals surface area contributed by atoms with Gasteiger partial charge in [0.05, 0.1) is 6.10 Å². The normalized spacial score (nSPS) is 46.4. The largest absolute Gasteiger partial charge is 0.396 e. The maximum Gasteiger partial charge on any atom is 0.183 e. The molecule has 5 atom stereocenters. The van der Waals surface area contributed by atoms with Crippen molar-refractivity contribution in [2.75, 3.05) is 6.61 Å². The van der Waals surface area contributed by atoms with E-state index in [0.717, 1.165) is 0 Å². The van der Waals surface area contributed by atoms with Gasteiger partial charge in [0.15, 0.2) is 6.29 Å². The molecule has 1 aliphatic heterocycles. The van der Waals surface area contributed by atoms with Crippen molar-refractivity contribution in [3.8, 4) is 0 Å². The molecular formula is C7H14O6. The third-order valence-electron chi connectivity index (χ3n) is 2.10. The smallest absolute Gasteiger partial charge is 0.183 e. The van der Waals surface area contributed by atoms with Gasteiger partial charge in [0.2, 0.25) is 0 Å². The lowest BCUT2D eigenvalue weighted by Crippen LogP contribution is -2.57. The molecule has 1 saturated heterocycles. The Morgan fingerprint density at radius 3 is 2.08 bits per heavy atom. The Labute approximate surface area is 75.0 Å². The summed E-state index contributed by atoms with van der Waals surface area (Å²) in [4.78, 5) is 0. The van der Waals surface area contributed by atoms with Gasteiger partial charge in [-0.15, -0.1) is 0 Å². The minimum Gasteiger partial charge on any atom is -0.396 e. The lowest BCUT2D eigenvalue weighted by molar-refractivity contribution is -0.283. The highest BCUT2D eigenvalue weighted by Crippen LogP contribution is 2.21. The Hall–Kier alpha value is -0.240. The van der Waals surface area contributed by atoms with Crippen molar-refractivity contribution < 1.29 is 30.3 Å². The minimum atomic E-state index is -1.52. The Morgan fingerprint density at radius 2 is 1.54 bits per heavy atom. The number of aliphatic hydroxyl groups is 5. The maximum atomic E-state index is 9.30. The van der Waals surface area contributed by atoms with Crippen LogP contribution in [0, 0.1) is 0 Å². The van der Waals surface area contributed by atoms with Gasteiger partial charge >= 0.3 is 0 Å². The predicted octanol–water partition coefficient (Wildman–Crippen LogP) is -2.83. The molecule has 0 spiro atoms. The van der Waals surface area contributed by atoms with E-state index in [1.54, 1.807) is 0 Å². The van der Waals surface area contributed by atoms with E-state index in [0.29, 0.717) is 0 Å². The van der Waals surface area contributed by atoms with E-state index in [4.69, 9.17) is 20.1 Å². The van der Waals surface area contributed by atoms with Crippen LogP contribution in [0.15, 0.2) is 0 Å². The Morgan fingerprint density at radius 1 is 0.923 bits per heavy atom. The molecule has 6 heteroatoms. The SMILES string of the molecule is OCC[C@H]1OC(O)[C@H](O)[C@H](O)[C@H]1O. The molecule has 78 valence electrons. The van der Waals surface area contributed by atoms with E-state index in [9.17, 15) is 10.2 Å². The molecule has 1 rings (SSSR count). The molecular weight excluding hydrogens is 180 g/mol. The molecule has 6 nitrogen and oxygen atoms in total. The van der Waals surface area contributed by atoms with E-state index < -0.39 is 30.7 Å². The van der Waals surface area contributed by atoms with Crippen molar-refractivity contribution >= 4 is 0 Å². The number of ether oxygens (including phenoxy) is 1. The Kier molecular flexibility index (Phi) is 3.60. The molecule has 0 aromatic carbocycles. The van der Waals surface area contributed by atoms with Crippen LogP contribution in [0.3, 0.4) is 0 Å². The van der Waals surface area contributed by atoms with Gasteiger partial charge in [-0.2, -0.15) is 0 Å². The number of hydrogen-bond donors (Lipinski definition) is 5. The number of hydrogen-bond acceptors (Lipinski definition) is 6. The van der Waals surface area contributed by atoms with Crippen LogP contribution in [-0.4, -0.2) is 62.8 Å². The average molecular weight is 194 g/mol. The van der Waals surface area contributed by atoms with E-state index in [-0.39, 0.29) is 13.0 Å². The number of rotatable bonds is 2. The van der Waals surface area contributed by atoms with Crippen molar-refractivity contribution in [1.29, 1.82) is 0 Å². The molecule has 0 aromatic rings. The van der Waals surface area contributed by atoms with Crippen LogP contribution in [0.1, 0.15) is 6.42 Å². The van der Waals surface area contributed by atoms with Gasteiger partial charge in [-0.25, -0.2) is 0 Å². The van der Waals surface area contributed by atoms with Gasteiger partial charge in [0.1, 0.15) is 18.3 Å². The fourth-order valence-electron chi connectivity index (χ4n) is 1.30. The molecule has 0 aliphatic carbocycles. The van der Waals surface area contributed by atoms with Crippen LogP contribution < -0.4 is 0 Å². The van der Waals surface area contributed by atoms with Crippen LogP contribution >= 0.6 is 0 Å². The van der Waals surface area contributed by atoms with Crippen LogP contribution in [0.4, 0.5) is 0 Å². The summed E-state index contributed by atoms with van der Waals surface area (Å²) in [5.41, 5.74) is 0. The predicted molar refractivity (Wildman–Crippen MR) is 40.6 cm³/mol. The molecule has 0 radical (unpaired) electrons. The van der Waals surface area contributed by atoms with Crippen molar-refractivity contribution in [3.05, 3.63) is 0 Å². The summed E-state index contributed by atoms with van der Waals surface area (Å²) >= 11 is 0. The molecule has 0 saturated carbocycles. The topological polar surface area (TPSA) is 110 Å². The first-order valence-corrected chi connectivity index (χ1v) is 4.06. The highest BCUT2D eigenvalue weighted by molar-refractivity contribution is 4.88. The first-order chi connectivity index (χ1) is 6.07.